The summed E-state index contributed by atoms with van der Waals surface area (Å²) in [5.74, 6) is 0.841. The molecule has 0 spiro atoms. The average molecular weight is 386 g/mol. The van der Waals surface area contributed by atoms with Crippen LogP contribution in [0.15, 0.2) is 64.6 Å². The van der Waals surface area contributed by atoms with Crippen LogP contribution in [0.1, 0.15) is 10.4 Å². The van der Waals surface area contributed by atoms with E-state index in [9.17, 15) is 4.79 Å². The number of carbonyl (C=O) groups is 1. The van der Waals surface area contributed by atoms with Crippen LogP contribution in [0.3, 0.4) is 0 Å². The van der Waals surface area contributed by atoms with Gasteiger partial charge in [-0.1, -0.05) is 36.0 Å². The lowest BCUT2D eigenvalue weighted by Crippen LogP contribution is -2.32. The number of thiophene rings is 1. The summed E-state index contributed by atoms with van der Waals surface area (Å²) in [6, 6.07) is 11.7. The highest BCUT2D eigenvalue weighted by Gasteiger charge is 2.37. The van der Waals surface area contributed by atoms with Crippen LogP contribution in [0, 0.1) is 0 Å². The van der Waals surface area contributed by atoms with Gasteiger partial charge in [0.2, 0.25) is 5.91 Å². The van der Waals surface area contributed by atoms with Gasteiger partial charge in [-0.05, 0) is 35.6 Å². The Kier molecular flexibility index (Phi) is 6.25. The number of methoxy groups -OCH3 is 1. The van der Waals surface area contributed by atoms with E-state index in [1.54, 1.807) is 35.6 Å². The Morgan fingerprint density at radius 2 is 2.12 bits per heavy atom. The lowest BCUT2D eigenvalue weighted by atomic mass is 10.1. The van der Waals surface area contributed by atoms with E-state index < -0.39 is 0 Å². The molecule has 1 aromatic heterocycles. The molecule has 26 heavy (non-hydrogen) atoms. The second-order valence-electron chi connectivity index (χ2n) is 5.54. The fourth-order valence-electron chi connectivity index (χ4n) is 2.49. The fraction of sp³-hybridized carbons (Fsp3) is 0.211. The average Bonchev–Trinajstić information content (AvgIpc) is 3.27. The Hall–Kier alpha value is -2.38. The highest BCUT2D eigenvalue weighted by atomic mass is 32.2. The van der Waals surface area contributed by atoms with Crippen molar-refractivity contribution in [2.45, 2.75) is 11.7 Å². The maximum Gasteiger partial charge on any atom is 0.242 e. The van der Waals surface area contributed by atoms with Crippen LogP contribution in [-0.4, -0.2) is 41.1 Å². The van der Waals surface area contributed by atoms with Crippen LogP contribution in [0.2, 0.25) is 0 Å². The van der Waals surface area contributed by atoms with Gasteiger partial charge in [0.1, 0.15) is 5.75 Å². The Bertz CT molecular complexity index is 814. The first kappa shape index (κ1) is 18.4. The molecule has 5 nitrogen and oxygen atoms in total. The first-order chi connectivity index (χ1) is 12.7. The van der Waals surface area contributed by atoms with Gasteiger partial charge in [0.05, 0.1) is 18.6 Å². The van der Waals surface area contributed by atoms with Crippen LogP contribution < -0.4 is 4.74 Å². The normalized spacial score (nSPS) is 18.8. The number of carbonyl (C=O) groups excluding carboxylic acids is 1. The molecule has 2 aromatic rings. The highest BCUT2D eigenvalue weighted by molar-refractivity contribution is 8.15. The van der Waals surface area contributed by atoms with Crippen molar-refractivity contribution in [3.63, 3.8) is 0 Å². The minimum Gasteiger partial charge on any atom is -0.497 e. The van der Waals surface area contributed by atoms with Gasteiger partial charge in [0.15, 0.2) is 5.17 Å². The largest absolute Gasteiger partial charge is 0.497 e. The van der Waals surface area contributed by atoms with Gasteiger partial charge in [0.25, 0.3) is 0 Å². The predicted octanol–water partition coefficient (Wildman–Crippen LogP) is 3.82. The monoisotopic (exact) mass is 385 g/mol. The summed E-state index contributed by atoms with van der Waals surface area (Å²) in [6.45, 7) is 4.16. The summed E-state index contributed by atoms with van der Waals surface area (Å²) in [6.07, 6.45) is 4.03. The molecule has 0 N–H and O–H groups in total. The molecule has 1 amide bonds. The molecule has 0 bridgehead atoms. The Morgan fingerprint density at radius 1 is 1.31 bits per heavy atom. The molecule has 2 heterocycles. The van der Waals surface area contributed by atoms with E-state index in [4.69, 9.17) is 4.74 Å². The van der Waals surface area contributed by atoms with Crippen molar-refractivity contribution in [2.75, 3.05) is 13.7 Å². The van der Waals surface area contributed by atoms with Gasteiger partial charge in [-0.2, -0.15) is 5.10 Å². The summed E-state index contributed by atoms with van der Waals surface area (Å²) in [4.78, 5) is 15.4. The predicted molar refractivity (Wildman–Crippen MR) is 109 cm³/mol. The Labute approximate surface area is 161 Å². The number of nitrogens with zero attached hydrogens (tertiary/aromatic N) is 3. The van der Waals surface area contributed by atoms with Gasteiger partial charge >= 0.3 is 0 Å². The van der Waals surface area contributed by atoms with Gasteiger partial charge < -0.3 is 4.74 Å². The third-order valence-electron chi connectivity index (χ3n) is 3.78. The molecule has 0 aliphatic carbocycles. The molecule has 0 radical (unpaired) electrons. The second kappa shape index (κ2) is 8.82. The number of ether oxygens (including phenoxy) is 1. The van der Waals surface area contributed by atoms with Crippen molar-refractivity contribution >= 4 is 40.4 Å². The molecule has 134 valence electrons. The molecular formula is C19H19N3O2S2. The first-order valence-corrected chi connectivity index (χ1v) is 9.83. The SMILES string of the molecule is C=CCN1C(=O)[C@H](Cc2ccc(OC)cc2)S/C1=N/N=C\c1cccs1. The smallest absolute Gasteiger partial charge is 0.242 e. The van der Waals surface area contributed by atoms with Crippen LogP contribution in [-0.2, 0) is 11.2 Å². The number of amides is 1. The topological polar surface area (TPSA) is 54.3 Å². The molecule has 1 fully saturated rings. The standard InChI is InChI=1S/C19H19N3O2S2/c1-3-10-22-18(23)17(12-14-6-8-15(24-2)9-7-14)26-19(22)21-20-13-16-5-4-11-25-16/h3-9,11,13,17H,1,10,12H2,2H3/b20-13-,21-19+/t17-/m0/s1. The number of hydrogen-bond donors (Lipinski definition) is 0. The Morgan fingerprint density at radius 3 is 2.77 bits per heavy atom. The van der Waals surface area contributed by atoms with Crippen LogP contribution >= 0.6 is 23.1 Å². The lowest BCUT2D eigenvalue weighted by molar-refractivity contribution is -0.125. The van der Waals surface area contributed by atoms with E-state index >= 15 is 0 Å². The number of hydrogen-bond acceptors (Lipinski definition) is 6. The van der Waals surface area contributed by atoms with Crippen molar-refractivity contribution in [1.29, 1.82) is 0 Å². The molecular weight excluding hydrogens is 366 g/mol. The quantitative estimate of drug-likeness (QED) is 0.414. The zero-order chi connectivity index (χ0) is 18.4. The molecule has 1 saturated heterocycles. The summed E-state index contributed by atoms with van der Waals surface area (Å²) >= 11 is 3.04. The number of benzene rings is 1. The molecule has 1 aromatic carbocycles. The van der Waals surface area contributed by atoms with E-state index in [1.807, 2.05) is 41.8 Å². The number of amidine groups is 1. The van der Waals surface area contributed by atoms with Gasteiger partial charge in [-0.3, -0.25) is 9.69 Å². The van der Waals surface area contributed by atoms with Gasteiger partial charge in [0, 0.05) is 11.4 Å². The Balaban J connectivity index is 1.73. The summed E-state index contributed by atoms with van der Waals surface area (Å²) in [5, 5.41) is 10.8. The van der Waals surface area contributed by atoms with E-state index in [2.05, 4.69) is 16.8 Å². The van der Waals surface area contributed by atoms with Crippen molar-refractivity contribution in [2.24, 2.45) is 10.2 Å². The van der Waals surface area contributed by atoms with Crippen LogP contribution in [0.25, 0.3) is 0 Å². The maximum absolute atomic E-state index is 12.7. The summed E-state index contributed by atoms with van der Waals surface area (Å²) < 4.78 is 5.18. The minimum absolute atomic E-state index is 0.0378. The third-order valence-corrected chi connectivity index (χ3v) is 5.76. The second-order valence-corrected chi connectivity index (χ2v) is 7.69. The number of rotatable bonds is 7. The first-order valence-electron chi connectivity index (χ1n) is 8.07. The summed E-state index contributed by atoms with van der Waals surface area (Å²) in [5.41, 5.74) is 1.08. The van der Waals surface area contributed by atoms with Crippen molar-refractivity contribution in [1.82, 2.24) is 4.90 Å². The number of thioether (sulfide) groups is 1. The summed E-state index contributed by atoms with van der Waals surface area (Å²) in [7, 11) is 1.64. The molecule has 7 heteroatoms. The molecule has 1 aliphatic rings. The van der Waals surface area contributed by atoms with E-state index in [1.165, 1.54) is 11.8 Å². The van der Waals surface area contributed by atoms with Crippen molar-refractivity contribution in [3.05, 3.63) is 64.9 Å². The van der Waals surface area contributed by atoms with E-state index in [0.717, 1.165) is 16.2 Å². The molecule has 0 unspecified atom stereocenters. The van der Waals surface area contributed by atoms with E-state index in [0.29, 0.717) is 18.1 Å². The minimum atomic E-state index is -0.209. The highest BCUT2D eigenvalue weighted by Crippen LogP contribution is 2.30. The van der Waals surface area contributed by atoms with Crippen molar-refractivity contribution in [3.8, 4) is 5.75 Å². The lowest BCUT2D eigenvalue weighted by Gasteiger charge is -2.12. The molecule has 0 saturated carbocycles. The maximum atomic E-state index is 12.7. The van der Waals surface area contributed by atoms with Crippen LogP contribution in [0.4, 0.5) is 0 Å². The van der Waals surface area contributed by atoms with Gasteiger partial charge in [-0.15, -0.1) is 23.0 Å². The van der Waals surface area contributed by atoms with E-state index in [-0.39, 0.29) is 11.2 Å². The molecule has 1 atom stereocenters. The third kappa shape index (κ3) is 4.42. The van der Waals surface area contributed by atoms with Crippen LogP contribution in [0.5, 0.6) is 5.75 Å². The zero-order valence-corrected chi connectivity index (χ0v) is 16.0. The fourth-order valence-corrected chi connectivity index (χ4v) is 4.21. The van der Waals surface area contributed by atoms with Gasteiger partial charge in [-0.25, -0.2) is 0 Å². The van der Waals surface area contributed by atoms with Crippen molar-refractivity contribution < 1.29 is 9.53 Å². The zero-order valence-electron chi connectivity index (χ0n) is 14.4. The molecule has 1 aliphatic heterocycles. The molecule has 3 rings (SSSR count).